The molecule has 0 saturated heterocycles. The highest BCUT2D eigenvalue weighted by molar-refractivity contribution is 6.31. The summed E-state index contributed by atoms with van der Waals surface area (Å²) in [6.07, 6.45) is 3.60. The summed E-state index contributed by atoms with van der Waals surface area (Å²) in [7, 11) is 0. The molecule has 7 heteroatoms. The third-order valence-corrected chi connectivity index (χ3v) is 4.55. The Labute approximate surface area is 162 Å². The molecule has 2 aromatic heterocycles. The lowest BCUT2D eigenvalue weighted by Crippen LogP contribution is -2.26. The van der Waals surface area contributed by atoms with Crippen LogP contribution in [0.2, 0.25) is 5.02 Å². The van der Waals surface area contributed by atoms with Crippen LogP contribution in [0.4, 0.5) is 0 Å². The quantitative estimate of drug-likeness (QED) is 0.612. The van der Waals surface area contributed by atoms with Crippen molar-refractivity contribution in [3.8, 4) is 0 Å². The van der Waals surface area contributed by atoms with Gasteiger partial charge in [-0.25, -0.2) is 4.98 Å². The van der Waals surface area contributed by atoms with Gasteiger partial charge in [-0.1, -0.05) is 49.2 Å². The maximum absolute atomic E-state index is 12.7. The molecule has 6 nitrogen and oxygen atoms in total. The van der Waals surface area contributed by atoms with Gasteiger partial charge in [0.25, 0.3) is 11.8 Å². The first-order chi connectivity index (χ1) is 13.1. The molecule has 0 atom stereocenters. The summed E-state index contributed by atoms with van der Waals surface area (Å²) in [5.41, 5.74) is 1.65. The van der Waals surface area contributed by atoms with Gasteiger partial charge >= 0.3 is 0 Å². The standard InChI is InChI=1S/C20H21ClN4O2/c1-2-3-11-22-19(26)17-16-10-6-7-12-25(16)18(24-17)20(27)23-13-14-8-4-5-9-15(14)21/h4-10,12H,2-3,11,13H2,1H3,(H,22,26)(H,23,27). The maximum atomic E-state index is 12.7. The Kier molecular flexibility index (Phi) is 6.08. The van der Waals surface area contributed by atoms with Crippen molar-refractivity contribution in [3.05, 3.63) is 70.8 Å². The highest BCUT2D eigenvalue weighted by atomic mass is 35.5. The SMILES string of the molecule is CCCCNC(=O)c1nc(C(=O)NCc2ccccc2Cl)n2ccccc12. The van der Waals surface area contributed by atoms with Gasteiger partial charge in [-0.3, -0.25) is 14.0 Å². The molecule has 0 radical (unpaired) electrons. The average Bonchev–Trinajstić information content (AvgIpc) is 3.07. The van der Waals surface area contributed by atoms with Gasteiger partial charge in [0, 0.05) is 24.3 Å². The van der Waals surface area contributed by atoms with E-state index in [-0.39, 0.29) is 29.9 Å². The summed E-state index contributed by atoms with van der Waals surface area (Å²) in [4.78, 5) is 29.4. The predicted octanol–water partition coefficient (Wildman–Crippen LogP) is 3.45. The third kappa shape index (κ3) is 4.28. The molecule has 0 aliphatic rings. The van der Waals surface area contributed by atoms with E-state index in [0.29, 0.717) is 17.1 Å². The molecule has 27 heavy (non-hydrogen) atoms. The minimum atomic E-state index is -0.372. The molecular weight excluding hydrogens is 364 g/mol. The molecule has 0 saturated carbocycles. The number of unbranched alkanes of at least 4 members (excludes halogenated alkanes) is 1. The highest BCUT2D eigenvalue weighted by Gasteiger charge is 2.21. The van der Waals surface area contributed by atoms with E-state index in [0.717, 1.165) is 18.4 Å². The number of imidazole rings is 1. The molecule has 3 rings (SSSR count). The second-order valence-electron chi connectivity index (χ2n) is 6.12. The number of pyridine rings is 1. The summed E-state index contributed by atoms with van der Waals surface area (Å²) < 4.78 is 1.62. The molecule has 0 spiro atoms. The highest BCUT2D eigenvalue weighted by Crippen LogP contribution is 2.16. The number of fused-ring (bicyclic) bond motifs is 1. The summed E-state index contributed by atoms with van der Waals surface area (Å²) in [5.74, 6) is -0.487. The smallest absolute Gasteiger partial charge is 0.287 e. The second kappa shape index (κ2) is 8.68. The van der Waals surface area contributed by atoms with E-state index in [9.17, 15) is 9.59 Å². The lowest BCUT2D eigenvalue weighted by molar-refractivity contribution is 0.0940. The van der Waals surface area contributed by atoms with Gasteiger partial charge in [0.05, 0.1) is 5.52 Å². The first-order valence-electron chi connectivity index (χ1n) is 8.88. The first kappa shape index (κ1) is 18.9. The second-order valence-corrected chi connectivity index (χ2v) is 6.53. The van der Waals surface area contributed by atoms with Gasteiger partial charge in [0.15, 0.2) is 5.69 Å². The predicted molar refractivity (Wildman–Crippen MR) is 105 cm³/mol. The van der Waals surface area contributed by atoms with E-state index in [1.807, 2.05) is 24.3 Å². The molecule has 1 aromatic carbocycles. The summed E-state index contributed by atoms with van der Waals surface area (Å²) >= 11 is 6.13. The molecule has 140 valence electrons. The van der Waals surface area contributed by atoms with Crippen LogP contribution in [0, 0.1) is 0 Å². The maximum Gasteiger partial charge on any atom is 0.287 e. The molecule has 0 bridgehead atoms. The third-order valence-electron chi connectivity index (χ3n) is 4.18. The minimum absolute atomic E-state index is 0.165. The van der Waals surface area contributed by atoms with Crippen molar-refractivity contribution in [2.24, 2.45) is 0 Å². The Morgan fingerprint density at radius 1 is 1.07 bits per heavy atom. The summed E-state index contributed by atoms with van der Waals surface area (Å²) in [6, 6.07) is 12.7. The van der Waals surface area contributed by atoms with Crippen LogP contribution in [0.5, 0.6) is 0 Å². The van der Waals surface area contributed by atoms with Crippen molar-refractivity contribution in [1.82, 2.24) is 20.0 Å². The number of carbonyl (C=O) groups excluding carboxylic acids is 2. The summed E-state index contributed by atoms with van der Waals surface area (Å²) in [6.45, 7) is 2.91. The van der Waals surface area contributed by atoms with Crippen molar-refractivity contribution >= 4 is 28.9 Å². The molecule has 2 heterocycles. The van der Waals surface area contributed by atoms with E-state index in [2.05, 4.69) is 22.5 Å². The van der Waals surface area contributed by atoms with Crippen LogP contribution in [0.3, 0.4) is 0 Å². The Bertz CT molecular complexity index is 968. The fraction of sp³-hybridized carbons (Fsp3) is 0.250. The Morgan fingerprint density at radius 2 is 1.85 bits per heavy atom. The van der Waals surface area contributed by atoms with Crippen LogP contribution < -0.4 is 10.6 Å². The number of nitrogens with one attached hydrogen (secondary N) is 2. The van der Waals surface area contributed by atoms with Crippen molar-refractivity contribution in [3.63, 3.8) is 0 Å². The zero-order valence-electron chi connectivity index (χ0n) is 15.0. The van der Waals surface area contributed by atoms with E-state index in [1.54, 1.807) is 28.8 Å². The van der Waals surface area contributed by atoms with Crippen LogP contribution in [0.25, 0.3) is 5.52 Å². The number of amides is 2. The summed E-state index contributed by atoms with van der Waals surface area (Å²) in [5, 5.41) is 6.24. The molecule has 2 amide bonds. The van der Waals surface area contributed by atoms with Crippen LogP contribution in [-0.4, -0.2) is 27.7 Å². The topological polar surface area (TPSA) is 75.5 Å². The van der Waals surface area contributed by atoms with Crippen LogP contribution in [-0.2, 0) is 6.54 Å². The number of nitrogens with zero attached hydrogens (tertiary/aromatic N) is 2. The first-order valence-corrected chi connectivity index (χ1v) is 9.26. The zero-order chi connectivity index (χ0) is 19.2. The molecular formula is C20H21ClN4O2. The molecule has 0 unspecified atom stereocenters. The lowest BCUT2D eigenvalue weighted by atomic mass is 10.2. The van der Waals surface area contributed by atoms with Gasteiger partial charge in [-0.2, -0.15) is 0 Å². The average molecular weight is 385 g/mol. The number of halogens is 1. The Hall–Kier alpha value is -2.86. The number of benzene rings is 1. The van der Waals surface area contributed by atoms with Crippen molar-refractivity contribution in [2.45, 2.75) is 26.3 Å². The van der Waals surface area contributed by atoms with Gasteiger partial charge < -0.3 is 10.6 Å². The van der Waals surface area contributed by atoms with Crippen molar-refractivity contribution in [1.29, 1.82) is 0 Å². The zero-order valence-corrected chi connectivity index (χ0v) is 15.8. The molecule has 0 aliphatic carbocycles. The van der Waals surface area contributed by atoms with Crippen LogP contribution in [0.15, 0.2) is 48.7 Å². The Morgan fingerprint density at radius 3 is 2.63 bits per heavy atom. The normalized spacial score (nSPS) is 10.7. The molecule has 3 aromatic rings. The molecule has 0 fully saturated rings. The largest absolute Gasteiger partial charge is 0.351 e. The van der Waals surface area contributed by atoms with Gasteiger partial charge in [-0.15, -0.1) is 0 Å². The van der Waals surface area contributed by atoms with Crippen LogP contribution in [0.1, 0.15) is 46.4 Å². The number of carbonyl (C=O) groups is 2. The Balaban J connectivity index is 1.82. The number of hydrogen-bond acceptors (Lipinski definition) is 3. The van der Waals surface area contributed by atoms with E-state index < -0.39 is 0 Å². The number of hydrogen-bond donors (Lipinski definition) is 2. The molecule has 2 N–H and O–H groups in total. The fourth-order valence-corrected chi connectivity index (χ4v) is 2.93. The van der Waals surface area contributed by atoms with E-state index in [4.69, 9.17) is 11.6 Å². The number of rotatable bonds is 7. The monoisotopic (exact) mass is 384 g/mol. The van der Waals surface area contributed by atoms with Gasteiger partial charge in [0.1, 0.15) is 0 Å². The van der Waals surface area contributed by atoms with E-state index >= 15 is 0 Å². The molecule has 0 aliphatic heterocycles. The van der Waals surface area contributed by atoms with Crippen LogP contribution >= 0.6 is 11.6 Å². The van der Waals surface area contributed by atoms with Gasteiger partial charge in [0.2, 0.25) is 5.82 Å². The van der Waals surface area contributed by atoms with Crippen molar-refractivity contribution < 1.29 is 9.59 Å². The fourth-order valence-electron chi connectivity index (χ4n) is 2.72. The van der Waals surface area contributed by atoms with Gasteiger partial charge in [-0.05, 0) is 30.2 Å². The van der Waals surface area contributed by atoms with Crippen molar-refractivity contribution in [2.75, 3.05) is 6.54 Å². The lowest BCUT2D eigenvalue weighted by Gasteiger charge is -2.06. The number of aromatic nitrogens is 2. The van der Waals surface area contributed by atoms with E-state index in [1.165, 1.54) is 0 Å². The minimum Gasteiger partial charge on any atom is -0.351 e.